The number of nitrogens with zero attached hydrogens (tertiary/aromatic N) is 5. The molecule has 36 heavy (non-hydrogen) atoms. The van der Waals surface area contributed by atoms with Crippen LogP contribution in [0.25, 0.3) is 11.4 Å². The Balaban J connectivity index is 1.13. The summed E-state index contributed by atoms with van der Waals surface area (Å²) in [5, 5.41) is 4.10. The highest BCUT2D eigenvalue weighted by Gasteiger charge is 2.24. The minimum Gasteiger partial charge on any atom is -0.497 e. The van der Waals surface area contributed by atoms with E-state index in [4.69, 9.17) is 14.0 Å². The van der Waals surface area contributed by atoms with Crippen molar-refractivity contribution >= 4 is 5.91 Å². The molecule has 0 atom stereocenters. The first kappa shape index (κ1) is 23.5. The van der Waals surface area contributed by atoms with Gasteiger partial charge >= 0.3 is 0 Å². The molecule has 0 unspecified atom stereocenters. The molecule has 2 aromatic carbocycles. The Kier molecular flexibility index (Phi) is 7.18. The van der Waals surface area contributed by atoms with E-state index < -0.39 is 0 Å². The molecule has 0 spiro atoms. The Bertz CT molecular complexity index is 1290. The fraction of sp³-hybridized carbons (Fsp3) is 0.259. The summed E-state index contributed by atoms with van der Waals surface area (Å²) in [5.41, 5.74) is 2.48. The average molecular weight is 486 g/mol. The summed E-state index contributed by atoms with van der Waals surface area (Å²) in [4.78, 5) is 25.9. The lowest BCUT2D eigenvalue weighted by Crippen LogP contribution is -2.48. The fourth-order valence-electron chi connectivity index (χ4n) is 4.01. The minimum atomic E-state index is -0.0267. The number of benzene rings is 2. The highest BCUT2D eigenvalue weighted by atomic mass is 16.5. The molecule has 1 saturated heterocycles. The topological polar surface area (TPSA) is 93.8 Å². The summed E-state index contributed by atoms with van der Waals surface area (Å²) in [7, 11) is 1.63. The van der Waals surface area contributed by atoms with Gasteiger partial charge in [0.15, 0.2) is 0 Å². The van der Waals surface area contributed by atoms with Gasteiger partial charge in [0.1, 0.15) is 12.4 Å². The number of aromatic nitrogens is 3. The average Bonchev–Trinajstić information content (AvgIpc) is 3.41. The molecule has 1 fully saturated rings. The second-order valence-electron chi connectivity index (χ2n) is 8.47. The van der Waals surface area contributed by atoms with Crippen LogP contribution in [0.4, 0.5) is 0 Å². The standard InChI is InChI=1S/C27H27N5O4/c1-34-23-9-7-21(8-10-23)26-29-25(36-30-26)18-31-13-15-32(16-14-31)27(33)22-11-12-28-24(17-22)35-19-20-5-3-2-4-6-20/h2-12,17H,13-16,18-19H2,1H3. The molecule has 0 saturated carbocycles. The Morgan fingerprint density at radius 3 is 2.53 bits per heavy atom. The van der Waals surface area contributed by atoms with Gasteiger partial charge < -0.3 is 18.9 Å². The second kappa shape index (κ2) is 11.0. The van der Waals surface area contributed by atoms with Crippen molar-refractivity contribution in [1.82, 2.24) is 24.9 Å². The number of piperazine rings is 1. The summed E-state index contributed by atoms with van der Waals surface area (Å²) in [6.07, 6.45) is 1.61. The molecule has 1 aliphatic rings. The van der Waals surface area contributed by atoms with Gasteiger partial charge in [-0.2, -0.15) is 4.98 Å². The van der Waals surface area contributed by atoms with Crippen LogP contribution in [-0.2, 0) is 13.2 Å². The van der Waals surface area contributed by atoms with Crippen LogP contribution in [0.15, 0.2) is 77.4 Å². The fourth-order valence-corrected chi connectivity index (χ4v) is 4.01. The Morgan fingerprint density at radius 1 is 1.00 bits per heavy atom. The molecule has 1 amide bonds. The second-order valence-corrected chi connectivity index (χ2v) is 8.47. The summed E-state index contributed by atoms with van der Waals surface area (Å²) in [6.45, 7) is 3.60. The molecule has 1 aliphatic heterocycles. The molecule has 9 heteroatoms. The zero-order valence-corrected chi connectivity index (χ0v) is 20.0. The zero-order valence-electron chi connectivity index (χ0n) is 20.0. The van der Waals surface area contributed by atoms with Crippen LogP contribution in [0.1, 0.15) is 21.8 Å². The van der Waals surface area contributed by atoms with Gasteiger partial charge in [0.2, 0.25) is 17.6 Å². The van der Waals surface area contributed by atoms with Crippen LogP contribution in [0.3, 0.4) is 0 Å². The Labute approximate surface area is 209 Å². The first-order valence-corrected chi connectivity index (χ1v) is 11.8. The number of hydrogen-bond donors (Lipinski definition) is 0. The highest BCUT2D eigenvalue weighted by molar-refractivity contribution is 5.94. The van der Waals surface area contributed by atoms with Crippen LogP contribution in [-0.4, -0.2) is 64.1 Å². The van der Waals surface area contributed by atoms with E-state index in [1.54, 1.807) is 25.4 Å². The third kappa shape index (κ3) is 5.69. The van der Waals surface area contributed by atoms with Crippen LogP contribution in [0.2, 0.25) is 0 Å². The molecule has 0 bridgehead atoms. The van der Waals surface area contributed by atoms with Gasteiger partial charge in [-0.15, -0.1) is 0 Å². The van der Waals surface area contributed by atoms with Crippen molar-refractivity contribution in [3.05, 3.63) is 89.9 Å². The van der Waals surface area contributed by atoms with E-state index in [0.717, 1.165) is 16.9 Å². The Morgan fingerprint density at radius 2 is 1.78 bits per heavy atom. The predicted octanol–water partition coefficient (Wildman–Crippen LogP) is 3.68. The number of rotatable bonds is 8. The van der Waals surface area contributed by atoms with Crippen LogP contribution in [0.5, 0.6) is 11.6 Å². The molecule has 5 rings (SSSR count). The lowest BCUT2D eigenvalue weighted by molar-refractivity contribution is 0.0614. The van der Waals surface area contributed by atoms with Crippen molar-refractivity contribution in [1.29, 1.82) is 0 Å². The molecule has 3 heterocycles. The van der Waals surface area contributed by atoms with Gasteiger partial charge in [0, 0.05) is 49.6 Å². The number of ether oxygens (including phenoxy) is 2. The number of hydrogen-bond acceptors (Lipinski definition) is 8. The maximum Gasteiger partial charge on any atom is 0.254 e. The van der Waals surface area contributed by atoms with E-state index in [9.17, 15) is 4.79 Å². The normalized spacial score (nSPS) is 14.0. The highest BCUT2D eigenvalue weighted by Crippen LogP contribution is 2.21. The van der Waals surface area contributed by atoms with E-state index in [2.05, 4.69) is 20.0 Å². The largest absolute Gasteiger partial charge is 0.497 e. The van der Waals surface area contributed by atoms with Gasteiger partial charge in [-0.3, -0.25) is 9.69 Å². The molecular formula is C27H27N5O4. The summed E-state index contributed by atoms with van der Waals surface area (Å²) in [6, 6.07) is 20.8. The van der Waals surface area contributed by atoms with Crippen molar-refractivity contribution in [2.24, 2.45) is 0 Å². The van der Waals surface area contributed by atoms with E-state index in [0.29, 0.717) is 62.5 Å². The molecule has 0 radical (unpaired) electrons. The van der Waals surface area contributed by atoms with Gasteiger partial charge in [-0.05, 0) is 35.9 Å². The third-order valence-corrected chi connectivity index (χ3v) is 6.05. The molecule has 2 aromatic heterocycles. The van der Waals surface area contributed by atoms with Crippen molar-refractivity contribution < 1.29 is 18.8 Å². The first-order valence-electron chi connectivity index (χ1n) is 11.8. The molecule has 9 nitrogen and oxygen atoms in total. The maximum absolute atomic E-state index is 13.1. The monoisotopic (exact) mass is 485 g/mol. The molecular weight excluding hydrogens is 458 g/mol. The van der Waals surface area contributed by atoms with Crippen LogP contribution >= 0.6 is 0 Å². The van der Waals surface area contributed by atoms with Gasteiger partial charge in [-0.1, -0.05) is 35.5 Å². The van der Waals surface area contributed by atoms with Crippen molar-refractivity contribution in [2.45, 2.75) is 13.2 Å². The lowest BCUT2D eigenvalue weighted by atomic mass is 10.2. The van der Waals surface area contributed by atoms with Gasteiger partial charge in [-0.25, -0.2) is 4.98 Å². The SMILES string of the molecule is COc1ccc(-c2noc(CN3CCN(C(=O)c4ccnc(OCc5ccccc5)c4)CC3)n2)cc1. The number of carbonyl (C=O) groups excluding carboxylic acids is 1. The van der Waals surface area contributed by atoms with Crippen molar-refractivity contribution in [3.8, 4) is 23.0 Å². The van der Waals surface area contributed by atoms with E-state index >= 15 is 0 Å². The third-order valence-electron chi connectivity index (χ3n) is 6.05. The van der Waals surface area contributed by atoms with Crippen molar-refractivity contribution in [2.75, 3.05) is 33.3 Å². The van der Waals surface area contributed by atoms with Crippen molar-refractivity contribution in [3.63, 3.8) is 0 Å². The number of methoxy groups -OCH3 is 1. The summed E-state index contributed by atoms with van der Waals surface area (Å²) >= 11 is 0. The van der Waals surface area contributed by atoms with Crippen LogP contribution < -0.4 is 9.47 Å². The molecule has 0 aliphatic carbocycles. The van der Waals surface area contributed by atoms with Gasteiger partial charge in [0.25, 0.3) is 5.91 Å². The smallest absolute Gasteiger partial charge is 0.254 e. The molecule has 0 N–H and O–H groups in total. The van der Waals surface area contributed by atoms with E-state index in [1.807, 2.05) is 59.5 Å². The van der Waals surface area contributed by atoms with Crippen LogP contribution in [0, 0.1) is 0 Å². The quantitative estimate of drug-likeness (QED) is 0.373. The number of amides is 1. The predicted molar refractivity (Wildman–Crippen MR) is 132 cm³/mol. The summed E-state index contributed by atoms with van der Waals surface area (Å²) in [5.74, 6) is 2.28. The first-order chi connectivity index (χ1) is 17.7. The van der Waals surface area contributed by atoms with E-state index in [1.165, 1.54) is 0 Å². The maximum atomic E-state index is 13.1. The van der Waals surface area contributed by atoms with E-state index in [-0.39, 0.29) is 5.91 Å². The molecule has 4 aromatic rings. The zero-order chi connectivity index (χ0) is 24.7. The number of carbonyl (C=O) groups is 1. The summed E-state index contributed by atoms with van der Waals surface area (Å²) < 4.78 is 16.4. The number of pyridine rings is 1. The minimum absolute atomic E-state index is 0.0267. The Hall–Kier alpha value is -4.24. The van der Waals surface area contributed by atoms with Gasteiger partial charge in [0.05, 0.1) is 13.7 Å². The molecule has 184 valence electrons. The lowest BCUT2D eigenvalue weighted by Gasteiger charge is -2.34.